The number of nitrogens with two attached hydrogens (primary N) is 1. The highest BCUT2D eigenvalue weighted by Crippen LogP contribution is 2.28. The number of rotatable bonds is 7. The SMILES string of the molecule is Cc1ncsc1-c1ccc([C@H](CO)NC(=O)[C@@H]2C[C@@H](O)CN2C(=O)[C@@H](N)C(C)C)cc1. The summed E-state index contributed by atoms with van der Waals surface area (Å²) in [7, 11) is 0. The molecule has 31 heavy (non-hydrogen) atoms. The first-order chi connectivity index (χ1) is 14.7. The highest BCUT2D eigenvalue weighted by Gasteiger charge is 2.41. The molecule has 168 valence electrons. The molecule has 0 aliphatic carbocycles. The van der Waals surface area contributed by atoms with Gasteiger partial charge in [-0.25, -0.2) is 4.98 Å². The van der Waals surface area contributed by atoms with Gasteiger partial charge in [0.1, 0.15) is 6.04 Å². The van der Waals surface area contributed by atoms with Gasteiger partial charge < -0.3 is 26.2 Å². The number of carbonyl (C=O) groups is 2. The average molecular weight is 447 g/mol. The molecular formula is C22H30N4O4S. The second kappa shape index (κ2) is 9.86. The normalized spacial score (nSPS) is 20.7. The second-order valence-corrected chi connectivity index (χ2v) is 9.15. The summed E-state index contributed by atoms with van der Waals surface area (Å²) in [5.41, 5.74) is 10.5. The van der Waals surface area contributed by atoms with Gasteiger partial charge in [-0.2, -0.15) is 0 Å². The lowest BCUT2D eigenvalue weighted by Crippen LogP contribution is -2.53. The predicted molar refractivity (Wildman–Crippen MR) is 119 cm³/mol. The number of nitrogens with one attached hydrogen (secondary N) is 1. The van der Waals surface area contributed by atoms with Crippen molar-refractivity contribution in [2.75, 3.05) is 13.2 Å². The van der Waals surface area contributed by atoms with E-state index in [0.717, 1.165) is 21.7 Å². The molecule has 9 heteroatoms. The molecule has 0 radical (unpaired) electrons. The highest BCUT2D eigenvalue weighted by molar-refractivity contribution is 7.13. The van der Waals surface area contributed by atoms with Gasteiger partial charge in [0.25, 0.3) is 0 Å². The lowest BCUT2D eigenvalue weighted by atomic mass is 10.0. The summed E-state index contributed by atoms with van der Waals surface area (Å²) in [6.07, 6.45) is -0.641. The lowest BCUT2D eigenvalue weighted by molar-refractivity contribution is -0.140. The number of aromatic nitrogens is 1. The van der Waals surface area contributed by atoms with Crippen molar-refractivity contribution < 1.29 is 19.8 Å². The zero-order valence-corrected chi connectivity index (χ0v) is 18.8. The number of likely N-dealkylation sites (tertiary alicyclic amines) is 1. The molecule has 5 N–H and O–H groups in total. The number of carbonyl (C=O) groups excluding carboxylic acids is 2. The first-order valence-corrected chi connectivity index (χ1v) is 11.3. The quantitative estimate of drug-likeness (QED) is 0.506. The Bertz CT molecular complexity index is 914. The summed E-state index contributed by atoms with van der Waals surface area (Å²) < 4.78 is 0. The number of β-amino-alcohol motifs (C(OH)–C–C–N with tert-alkyl or cyclic N) is 1. The van der Waals surface area contributed by atoms with Crippen molar-refractivity contribution >= 4 is 23.2 Å². The molecule has 8 nitrogen and oxygen atoms in total. The molecule has 1 aromatic carbocycles. The molecule has 1 aliphatic heterocycles. The summed E-state index contributed by atoms with van der Waals surface area (Å²) in [4.78, 5) is 32.4. The van der Waals surface area contributed by atoms with Gasteiger partial charge >= 0.3 is 0 Å². The Morgan fingerprint density at radius 2 is 2.00 bits per heavy atom. The molecule has 2 aromatic rings. The van der Waals surface area contributed by atoms with Gasteiger partial charge in [-0.15, -0.1) is 11.3 Å². The van der Waals surface area contributed by atoms with Crippen molar-refractivity contribution in [2.45, 2.75) is 51.4 Å². The standard InChI is InChI=1S/C22H30N4O4S/c1-12(2)19(23)22(30)26-9-16(28)8-18(26)21(29)25-17(10-27)14-4-6-15(7-5-14)20-13(3)24-11-31-20/h4-7,11-12,16-19,27-28H,8-10,23H2,1-3H3,(H,25,29)/t16-,17+,18+,19+/m1/s1. The maximum Gasteiger partial charge on any atom is 0.243 e. The smallest absolute Gasteiger partial charge is 0.243 e. The van der Waals surface area contributed by atoms with Crippen molar-refractivity contribution in [3.63, 3.8) is 0 Å². The van der Waals surface area contributed by atoms with E-state index in [-0.39, 0.29) is 31.4 Å². The molecular weight excluding hydrogens is 416 g/mol. The van der Waals surface area contributed by atoms with Gasteiger partial charge in [0.05, 0.1) is 40.9 Å². The van der Waals surface area contributed by atoms with E-state index in [2.05, 4.69) is 10.3 Å². The van der Waals surface area contributed by atoms with Crippen LogP contribution in [-0.4, -0.2) is 63.3 Å². The van der Waals surface area contributed by atoms with Crippen molar-refractivity contribution in [1.29, 1.82) is 0 Å². The van der Waals surface area contributed by atoms with Crippen LogP contribution in [0, 0.1) is 12.8 Å². The Labute approximate surface area is 186 Å². The van der Waals surface area contributed by atoms with Crippen molar-refractivity contribution in [1.82, 2.24) is 15.2 Å². The third-order valence-electron chi connectivity index (χ3n) is 5.69. The van der Waals surface area contributed by atoms with Gasteiger partial charge in [-0.05, 0) is 24.0 Å². The fourth-order valence-electron chi connectivity index (χ4n) is 3.73. The maximum absolute atomic E-state index is 13.0. The molecule has 2 amide bonds. The summed E-state index contributed by atoms with van der Waals surface area (Å²) in [6.45, 7) is 5.40. The van der Waals surface area contributed by atoms with Gasteiger partial charge in [-0.3, -0.25) is 9.59 Å². The van der Waals surface area contributed by atoms with E-state index in [0.29, 0.717) is 0 Å². The number of hydrogen-bond donors (Lipinski definition) is 4. The van der Waals surface area contributed by atoms with Crippen molar-refractivity contribution in [3.8, 4) is 10.4 Å². The van der Waals surface area contributed by atoms with Crippen LogP contribution in [0.2, 0.25) is 0 Å². The van der Waals surface area contributed by atoms with Gasteiger partial charge in [0.2, 0.25) is 11.8 Å². The van der Waals surface area contributed by atoms with Crippen LogP contribution in [-0.2, 0) is 9.59 Å². The number of aliphatic hydroxyl groups excluding tert-OH is 2. The lowest BCUT2D eigenvalue weighted by Gasteiger charge is -2.29. The van der Waals surface area contributed by atoms with Crippen molar-refractivity contribution in [2.24, 2.45) is 11.7 Å². The average Bonchev–Trinajstić information content (AvgIpc) is 3.36. The number of amides is 2. The summed E-state index contributed by atoms with van der Waals surface area (Å²) in [5.74, 6) is -0.848. The van der Waals surface area contributed by atoms with Gasteiger partial charge in [0, 0.05) is 13.0 Å². The van der Waals surface area contributed by atoms with E-state index < -0.39 is 30.1 Å². The Kier molecular flexibility index (Phi) is 7.42. The minimum Gasteiger partial charge on any atom is -0.394 e. The second-order valence-electron chi connectivity index (χ2n) is 8.30. The third kappa shape index (κ3) is 5.12. The fourth-order valence-corrected chi connectivity index (χ4v) is 4.54. The highest BCUT2D eigenvalue weighted by atomic mass is 32.1. The van der Waals surface area contributed by atoms with Crippen LogP contribution in [0.1, 0.15) is 37.6 Å². The molecule has 0 saturated carbocycles. The molecule has 1 fully saturated rings. The first-order valence-electron chi connectivity index (χ1n) is 10.4. The number of hydrogen-bond acceptors (Lipinski definition) is 7. The molecule has 3 rings (SSSR count). The molecule has 1 saturated heterocycles. The number of aryl methyl sites for hydroxylation is 1. The molecule has 1 aliphatic rings. The number of nitrogens with zero attached hydrogens (tertiary/aromatic N) is 2. The van der Waals surface area contributed by atoms with E-state index in [1.54, 1.807) is 16.8 Å². The number of aliphatic hydroxyl groups is 2. The Morgan fingerprint density at radius 3 is 2.55 bits per heavy atom. The summed E-state index contributed by atoms with van der Waals surface area (Å²) >= 11 is 1.56. The predicted octanol–water partition coefficient (Wildman–Crippen LogP) is 1.21. The Balaban J connectivity index is 1.72. The monoisotopic (exact) mass is 446 g/mol. The van der Waals surface area contributed by atoms with E-state index in [9.17, 15) is 19.8 Å². The van der Waals surface area contributed by atoms with Gasteiger partial charge in [0.15, 0.2) is 0 Å². The molecule has 4 atom stereocenters. The van der Waals surface area contributed by atoms with Crippen molar-refractivity contribution in [3.05, 3.63) is 41.0 Å². The van der Waals surface area contributed by atoms with Gasteiger partial charge in [-0.1, -0.05) is 38.1 Å². The fraction of sp³-hybridized carbons (Fsp3) is 0.500. The van der Waals surface area contributed by atoms with E-state index >= 15 is 0 Å². The summed E-state index contributed by atoms with van der Waals surface area (Å²) in [5, 5.41) is 22.8. The topological polar surface area (TPSA) is 129 Å². The minimum atomic E-state index is -0.819. The summed E-state index contributed by atoms with van der Waals surface area (Å²) in [6, 6.07) is 5.39. The van der Waals surface area contributed by atoms with Crippen LogP contribution in [0.4, 0.5) is 0 Å². The minimum absolute atomic E-state index is 0.0734. The Morgan fingerprint density at radius 1 is 1.32 bits per heavy atom. The van der Waals surface area contributed by atoms with Crippen LogP contribution in [0.5, 0.6) is 0 Å². The third-order valence-corrected chi connectivity index (χ3v) is 6.67. The van der Waals surface area contributed by atoms with Crippen LogP contribution < -0.4 is 11.1 Å². The van der Waals surface area contributed by atoms with Crippen LogP contribution in [0.15, 0.2) is 29.8 Å². The zero-order chi connectivity index (χ0) is 22.7. The van der Waals surface area contributed by atoms with E-state index in [1.807, 2.05) is 45.0 Å². The molecule has 1 aromatic heterocycles. The van der Waals surface area contributed by atoms with Crippen LogP contribution in [0.25, 0.3) is 10.4 Å². The molecule has 0 spiro atoms. The van der Waals surface area contributed by atoms with E-state index in [1.165, 1.54) is 4.90 Å². The maximum atomic E-state index is 13.0. The largest absolute Gasteiger partial charge is 0.394 e. The zero-order valence-electron chi connectivity index (χ0n) is 18.0. The number of thiazole rings is 1. The molecule has 0 unspecified atom stereocenters. The first kappa shape index (κ1) is 23.3. The molecule has 0 bridgehead atoms. The van der Waals surface area contributed by atoms with Crippen LogP contribution >= 0.6 is 11.3 Å². The van der Waals surface area contributed by atoms with E-state index in [4.69, 9.17) is 5.73 Å². The Hall–Kier alpha value is -2.33. The number of benzene rings is 1. The molecule has 2 heterocycles. The van der Waals surface area contributed by atoms with Crippen LogP contribution in [0.3, 0.4) is 0 Å².